The van der Waals surface area contributed by atoms with E-state index in [-0.39, 0.29) is 12.5 Å². The van der Waals surface area contributed by atoms with Crippen molar-refractivity contribution in [3.05, 3.63) is 0 Å². The number of hydrogen-bond donors (Lipinski definition) is 0. The average Bonchev–Trinajstić information content (AvgIpc) is 2.54. The number of ether oxygens (including phenoxy) is 1. The molecule has 0 aromatic carbocycles. The minimum Gasteiger partial charge on any atom is -0.410 e. The molecular formula is C9H13NO2. The Kier molecular flexibility index (Phi) is 2.11. The molecule has 1 heterocycles. The molecule has 1 aliphatic carbocycles. The van der Waals surface area contributed by atoms with E-state index >= 15 is 0 Å². The second-order valence-electron chi connectivity index (χ2n) is 3.46. The highest BCUT2D eigenvalue weighted by atomic mass is 16.6. The third-order valence-electron chi connectivity index (χ3n) is 2.54. The molecule has 66 valence electrons. The first kappa shape index (κ1) is 7.77. The molecule has 0 aromatic rings. The Labute approximate surface area is 71.8 Å². The fourth-order valence-corrected chi connectivity index (χ4v) is 1.89. The highest BCUT2D eigenvalue weighted by Crippen LogP contribution is 2.26. The number of cyclic esters (lactones) is 1. The molecule has 2 aliphatic rings. The summed E-state index contributed by atoms with van der Waals surface area (Å²) in [6, 6.07) is 0. The van der Waals surface area contributed by atoms with Gasteiger partial charge in [0.2, 0.25) is 0 Å². The molecule has 0 N–H and O–H groups in total. The molecule has 0 unspecified atom stereocenters. The van der Waals surface area contributed by atoms with Crippen LogP contribution in [0, 0.1) is 5.92 Å². The Morgan fingerprint density at radius 2 is 2.00 bits per heavy atom. The van der Waals surface area contributed by atoms with E-state index in [9.17, 15) is 4.79 Å². The largest absolute Gasteiger partial charge is 0.410 e. The zero-order chi connectivity index (χ0) is 8.39. The normalized spacial score (nSPS) is 25.3. The van der Waals surface area contributed by atoms with E-state index in [4.69, 9.17) is 4.74 Å². The molecule has 0 aromatic heterocycles. The summed E-state index contributed by atoms with van der Waals surface area (Å²) in [6.07, 6.45) is 6.11. The van der Waals surface area contributed by atoms with E-state index in [1.807, 2.05) is 0 Å². The van der Waals surface area contributed by atoms with Crippen molar-refractivity contribution in [3.8, 4) is 0 Å². The number of carbonyl (C=O) groups excluding carboxylic acids is 1. The molecule has 0 spiro atoms. The summed E-state index contributed by atoms with van der Waals surface area (Å²) in [5, 5.41) is 0. The summed E-state index contributed by atoms with van der Waals surface area (Å²) in [5.41, 5.74) is 0. The zero-order valence-electron chi connectivity index (χ0n) is 7.08. The van der Waals surface area contributed by atoms with Crippen molar-refractivity contribution in [2.75, 3.05) is 6.54 Å². The lowest BCUT2D eigenvalue weighted by Gasteiger charge is -2.19. The molecular weight excluding hydrogens is 154 g/mol. The second kappa shape index (κ2) is 3.25. The number of hydrogen-bond acceptors (Lipinski definition) is 3. The van der Waals surface area contributed by atoms with Gasteiger partial charge in [0, 0.05) is 5.92 Å². The van der Waals surface area contributed by atoms with Crippen LogP contribution in [0.1, 0.15) is 32.1 Å². The number of carbonyl (C=O) groups is 1. The fraction of sp³-hybridized carbons (Fsp3) is 0.778. The van der Waals surface area contributed by atoms with Gasteiger partial charge in [-0.1, -0.05) is 19.3 Å². The number of nitrogens with zero attached hydrogens (tertiary/aromatic N) is 1. The van der Waals surface area contributed by atoms with Crippen LogP contribution in [0.3, 0.4) is 0 Å². The minimum atomic E-state index is -0.185. The van der Waals surface area contributed by atoms with Crippen LogP contribution in [0.5, 0.6) is 0 Å². The summed E-state index contributed by atoms with van der Waals surface area (Å²) in [6.45, 7) is 0.242. The molecule has 1 fully saturated rings. The first-order valence-electron chi connectivity index (χ1n) is 4.61. The van der Waals surface area contributed by atoms with E-state index < -0.39 is 0 Å². The molecule has 12 heavy (non-hydrogen) atoms. The topological polar surface area (TPSA) is 38.7 Å². The van der Waals surface area contributed by atoms with Crippen molar-refractivity contribution in [2.24, 2.45) is 10.9 Å². The Hall–Kier alpha value is -0.860. The summed E-state index contributed by atoms with van der Waals surface area (Å²) in [7, 11) is 0. The van der Waals surface area contributed by atoms with Gasteiger partial charge in [0.25, 0.3) is 0 Å². The van der Waals surface area contributed by atoms with Crippen molar-refractivity contribution < 1.29 is 9.53 Å². The minimum absolute atomic E-state index is 0.185. The highest BCUT2D eigenvalue weighted by Gasteiger charge is 2.26. The van der Waals surface area contributed by atoms with E-state index in [0.717, 1.165) is 12.8 Å². The number of rotatable bonds is 1. The van der Waals surface area contributed by atoms with Crippen LogP contribution in [-0.4, -0.2) is 18.4 Å². The fourth-order valence-electron chi connectivity index (χ4n) is 1.89. The van der Waals surface area contributed by atoms with Gasteiger partial charge in [0.15, 0.2) is 5.90 Å². The lowest BCUT2D eigenvalue weighted by atomic mass is 9.89. The van der Waals surface area contributed by atoms with Crippen molar-refractivity contribution in [3.63, 3.8) is 0 Å². The SMILES string of the molecule is O=C1CN=C(C2CCCCC2)O1. The van der Waals surface area contributed by atoms with Crippen LogP contribution >= 0.6 is 0 Å². The zero-order valence-corrected chi connectivity index (χ0v) is 7.08. The summed E-state index contributed by atoms with van der Waals surface area (Å²) in [5.74, 6) is 0.959. The van der Waals surface area contributed by atoms with Crippen LogP contribution in [0.2, 0.25) is 0 Å². The van der Waals surface area contributed by atoms with E-state index in [0.29, 0.717) is 11.8 Å². The van der Waals surface area contributed by atoms with Crippen molar-refractivity contribution >= 4 is 11.9 Å². The van der Waals surface area contributed by atoms with Gasteiger partial charge >= 0.3 is 5.97 Å². The standard InChI is InChI=1S/C9H13NO2/c11-8-6-10-9(12-8)7-4-2-1-3-5-7/h7H,1-6H2. The van der Waals surface area contributed by atoms with Gasteiger partial charge in [-0.05, 0) is 12.8 Å². The third-order valence-corrected chi connectivity index (χ3v) is 2.54. The van der Waals surface area contributed by atoms with Gasteiger partial charge in [-0.25, -0.2) is 9.79 Å². The predicted octanol–water partition coefficient (Wildman–Crippen LogP) is 1.52. The Balaban J connectivity index is 1.95. The van der Waals surface area contributed by atoms with Crippen LogP contribution in [0.4, 0.5) is 0 Å². The van der Waals surface area contributed by atoms with E-state index in [2.05, 4.69) is 4.99 Å². The molecule has 3 nitrogen and oxygen atoms in total. The van der Waals surface area contributed by atoms with Gasteiger partial charge in [-0.3, -0.25) is 0 Å². The van der Waals surface area contributed by atoms with Crippen molar-refractivity contribution in [2.45, 2.75) is 32.1 Å². The quantitative estimate of drug-likeness (QED) is 0.555. The average molecular weight is 167 g/mol. The summed E-state index contributed by atoms with van der Waals surface area (Å²) in [4.78, 5) is 14.8. The third kappa shape index (κ3) is 1.49. The smallest absolute Gasteiger partial charge is 0.334 e. The van der Waals surface area contributed by atoms with Crippen LogP contribution in [0.15, 0.2) is 4.99 Å². The maximum absolute atomic E-state index is 10.8. The van der Waals surface area contributed by atoms with Gasteiger partial charge in [0.05, 0.1) is 0 Å². The van der Waals surface area contributed by atoms with Crippen LogP contribution < -0.4 is 0 Å². The summed E-state index contributed by atoms with van der Waals surface area (Å²) >= 11 is 0. The maximum Gasteiger partial charge on any atom is 0.334 e. The molecule has 1 saturated carbocycles. The van der Waals surface area contributed by atoms with Crippen molar-refractivity contribution in [1.29, 1.82) is 0 Å². The molecule has 0 amide bonds. The van der Waals surface area contributed by atoms with Crippen LogP contribution in [-0.2, 0) is 9.53 Å². The molecule has 2 rings (SSSR count). The van der Waals surface area contributed by atoms with Gasteiger partial charge in [-0.15, -0.1) is 0 Å². The first-order chi connectivity index (χ1) is 5.86. The van der Waals surface area contributed by atoms with E-state index in [1.54, 1.807) is 0 Å². The molecule has 0 saturated heterocycles. The van der Waals surface area contributed by atoms with Crippen molar-refractivity contribution in [1.82, 2.24) is 0 Å². The molecule has 0 radical (unpaired) electrons. The Bertz CT molecular complexity index is 217. The lowest BCUT2D eigenvalue weighted by Crippen LogP contribution is -2.19. The Morgan fingerprint density at radius 1 is 1.25 bits per heavy atom. The Morgan fingerprint density at radius 3 is 2.58 bits per heavy atom. The first-order valence-corrected chi connectivity index (χ1v) is 4.61. The van der Waals surface area contributed by atoms with Gasteiger partial charge in [-0.2, -0.15) is 0 Å². The second-order valence-corrected chi connectivity index (χ2v) is 3.46. The highest BCUT2D eigenvalue weighted by molar-refractivity contribution is 5.96. The summed E-state index contributed by atoms with van der Waals surface area (Å²) < 4.78 is 5.01. The monoisotopic (exact) mass is 167 g/mol. The van der Waals surface area contributed by atoms with Gasteiger partial charge in [0.1, 0.15) is 6.54 Å². The molecule has 0 atom stereocenters. The predicted molar refractivity (Wildman–Crippen MR) is 45.0 cm³/mol. The molecule has 1 aliphatic heterocycles. The molecule has 3 heteroatoms. The van der Waals surface area contributed by atoms with E-state index in [1.165, 1.54) is 19.3 Å². The molecule has 0 bridgehead atoms. The maximum atomic E-state index is 10.8. The number of esters is 1. The number of aliphatic imine (C=N–C) groups is 1. The van der Waals surface area contributed by atoms with Crippen LogP contribution in [0.25, 0.3) is 0 Å². The lowest BCUT2D eigenvalue weighted by molar-refractivity contribution is -0.132. The van der Waals surface area contributed by atoms with Gasteiger partial charge < -0.3 is 4.74 Å².